The molecule has 9 heteroatoms. The summed E-state index contributed by atoms with van der Waals surface area (Å²) in [6, 6.07) is 12.4. The van der Waals surface area contributed by atoms with Crippen molar-refractivity contribution in [1.29, 1.82) is 0 Å². The quantitative estimate of drug-likeness (QED) is 0.295. The summed E-state index contributed by atoms with van der Waals surface area (Å²) in [4.78, 5) is 30.1. The minimum atomic E-state index is -0.506. The van der Waals surface area contributed by atoms with Crippen LogP contribution in [0.1, 0.15) is 33.7 Å². The lowest BCUT2D eigenvalue weighted by Crippen LogP contribution is -2.08. The standard InChI is InChI=1S/C27H24FNO7/c1-33-24-11-7-20(29-26(24)18-15-36-27-17(18)4-3-5-19(27)28)22(32)9-8-21(31)16-6-10-23(35-13-12-30)25(14-16)34-2/h3-7,10-11,14-15,30H,8-9,12-13H2,1-2H3. The van der Waals surface area contributed by atoms with Gasteiger partial charge in [-0.25, -0.2) is 9.37 Å². The largest absolute Gasteiger partial charge is 0.494 e. The molecule has 1 N–H and O–H groups in total. The van der Waals surface area contributed by atoms with E-state index in [0.29, 0.717) is 39.5 Å². The molecule has 2 aromatic carbocycles. The normalized spacial score (nSPS) is 10.9. The Kier molecular flexibility index (Phi) is 7.60. The number of methoxy groups -OCH3 is 2. The van der Waals surface area contributed by atoms with Crippen LogP contribution < -0.4 is 14.2 Å². The van der Waals surface area contributed by atoms with Crippen LogP contribution in [0.4, 0.5) is 4.39 Å². The number of para-hydroxylation sites is 1. The first-order valence-corrected chi connectivity index (χ1v) is 11.2. The van der Waals surface area contributed by atoms with Crippen LogP contribution in [0.25, 0.3) is 22.2 Å². The third-order valence-electron chi connectivity index (χ3n) is 5.58. The molecule has 8 nitrogen and oxygen atoms in total. The Bertz CT molecular complexity index is 1410. The van der Waals surface area contributed by atoms with Gasteiger partial charge in [0.2, 0.25) is 0 Å². The first-order valence-electron chi connectivity index (χ1n) is 11.2. The van der Waals surface area contributed by atoms with Gasteiger partial charge in [-0.3, -0.25) is 9.59 Å². The minimum Gasteiger partial charge on any atom is -0.494 e. The third-order valence-corrected chi connectivity index (χ3v) is 5.58. The predicted molar refractivity (Wildman–Crippen MR) is 129 cm³/mol. The van der Waals surface area contributed by atoms with Crippen LogP contribution in [0.15, 0.2) is 59.2 Å². The van der Waals surface area contributed by atoms with Gasteiger partial charge in [0.05, 0.1) is 26.4 Å². The zero-order chi connectivity index (χ0) is 25.7. The number of aliphatic hydroxyl groups excluding tert-OH is 1. The second-order valence-electron chi connectivity index (χ2n) is 7.80. The number of hydrogen-bond donors (Lipinski definition) is 1. The van der Waals surface area contributed by atoms with Gasteiger partial charge in [-0.05, 0) is 36.4 Å². The Balaban J connectivity index is 1.52. The summed E-state index contributed by atoms with van der Waals surface area (Å²) in [7, 11) is 2.92. The summed E-state index contributed by atoms with van der Waals surface area (Å²) in [5.74, 6) is 0.0615. The monoisotopic (exact) mass is 493 g/mol. The van der Waals surface area contributed by atoms with E-state index in [9.17, 15) is 14.0 Å². The summed E-state index contributed by atoms with van der Waals surface area (Å²) in [6.07, 6.45) is 1.27. The average Bonchev–Trinajstić information content (AvgIpc) is 3.35. The Morgan fingerprint density at radius 1 is 0.972 bits per heavy atom. The van der Waals surface area contributed by atoms with Crippen LogP contribution in [-0.2, 0) is 0 Å². The molecular formula is C27H24FNO7. The maximum Gasteiger partial charge on any atom is 0.181 e. The molecular weight excluding hydrogens is 469 g/mol. The van der Waals surface area contributed by atoms with Gasteiger partial charge in [0.25, 0.3) is 0 Å². The van der Waals surface area contributed by atoms with E-state index in [0.717, 1.165) is 0 Å². The highest BCUT2D eigenvalue weighted by Crippen LogP contribution is 2.36. The molecule has 0 unspecified atom stereocenters. The molecule has 4 aromatic rings. The molecule has 0 radical (unpaired) electrons. The highest BCUT2D eigenvalue weighted by Gasteiger charge is 2.20. The SMILES string of the molecule is COc1cc(C(=O)CCC(=O)c2ccc(OC)c(-c3coc4c(F)cccc34)n2)ccc1OCCO. The van der Waals surface area contributed by atoms with Crippen molar-refractivity contribution in [3.05, 3.63) is 71.9 Å². The van der Waals surface area contributed by atoms with Crippen molar-refractivity contribution < 1.29 is 37.7 Å². The van der Waals surface area contributed by atoms with Crippen molar-refractivity contribution in [3.63, 3.8) is 0 Å². The van der Waals surface area contributed by atoms with Crippen LogP contribution in [0.5, 0.6) is 17.2 Å². The molecule has 0 aliphatic carbocycles. The zero-order valence-corrected chi connectivity index (χ0v) is 19.7. The third kappa shape index (κ3) is 5.06. The molecule has 36 heavy (non-hydrogen) atoms. The Morgan fingerprint density at radius 3 is 2.47 bits per heavy atom. The van der Waals surface area contributed by atoms with E-state index in [-0.39, 0.29) is 48.9 Å². The lowest BCUT2D eigenvalue weighted by Gasteiger charge is -2.11. The lowest BCUT2D eigenvalue weighted by atomic mass is 10.0. The Morgan fingerprint density at radius 2 is 1.72 bits per heavy atom. The van der Waals surface area contributed by atoms with Crippen molar-refractivity contribution in [1.82, 2.24) is 4.98 Å². The zero-order valence-electron chi connectivity index (χ0n) is 19.7. The fourth-order valence-electron chi connectivity index (χ4n) is 3.78. The number of furan rings is 1. The van der Waals surface area contributed by atoms with Crippen molar-refractivity contribution in [2.24, 2.45) is 0 Å². The van der Waals surface area contributed by atoms with E-state index >= 15 is 0 Å². The summed E-state index contributed by atoms with van der Waals surface area (Å²) in [5.41, 5.74) is 1.42. The molecule has 2 aromatic heterocycles. The molecule has 0 saturated carbocycles. The number of Topliss-reactive ketones (excluding diaryl/α,β-unsaturated/α-hetero) is 2. The fraction of sp³-hybridized carbons (Fsp3) is 0.222. The smallest absolute Gasteiger partial charge is 0.181 e. The number of rotatable bonds is 11. The van der Waals surface area contributed by atoms with E-state index in [4.69, 9.17) is 23.7 Å². The van der Waals surface area contributed by atoms with Crippen LogP contribution in [0.3, 0.4) is 0 Å². The first kappa shape index (κ1) is 24.9. The van der Waals surface area contributed by atoms with E-state index in [1.165, 1.54) is 38.7 Å². The molecule has 4 rings (SSSR count). The van der Waals surface area contributed by atoms with Gasteiger partial charge in [0.1, 0.15) is 30.0 Å². The van der Waals surface area contributed by atoms with Gasteiger partial charge in [0.15, 0.2) is 34.5 Å². The maximum atomic E-state index is 14.1. The number of ketones is 2. The minimum absolute atomic E-state index is 0.0400. The number of fused-ring (bicyclic) bond motifs is 1. The second-order valence-corrected chi connectivity index (χ2v) is 7.80. The molecule has 0 aliphatic heterocycles. The van der Waals surface area contributed by atoms with E-state index in [1.807, 2.05) is 0 Å². The fourth-order valence-corrected chi connectivity index (χ4v) is 3.78. The van der Waals surface area contributed by atoms with Crippen molar-refractivity contribution in [2.75, 3.05) is 27.4 Å². The highest BCUT2D eigenvalue weighted by atomic mass is 19.1. The van der Waals surface area contributed by atoms with E-state index in [2.05, 4.69) is 4.98 Å². The molecule has 0 bridgehead atoms. The molecule has 0 spiro atoms. The number of carbonyl (C=O) groups is 2. The van der Waals surface area contributed by atoms with Crippen molar-refractivity contribution in [2.45, 2.75) is 12.8 Å². The number of halogens is 1. The Hall–Kier alpha value is -4.24. The van der Waals surface area contributed by atoms with Crippen LogP contribution in [-0.4, -0.2) is 49.1 Å². The van der Waals surface area contributed by atoms with Crippen LogP contribution in [0, 0.1) is 5.82 Å². The number of ether oxygens (including phenoxy) is 3. The maximum absolute atomic E-state index is 14.1. The number of pyridine rings is 1. The van der Waals surface area contributed by atoms with Crippen molar-refractivity contribution in [3.8, 4) is 28.5 Å². The summed E-state index contributed by atoms with van der Waals surface area (Å²) < 4.78 is 35.5. The number of aromatic nitrogens is 1. The molecule has 186 valence electrons. The number of aliphatic hydroxyl groups is 1. The number of hydrogen-bond acceptors (Lipinski definition) is 8. The van der Waals surface area contributed by atoms with Gasteiger partial charge in [0, 0.05) is 23.8 Å². The van der Waals surface area contributed by atoms with E-state index < -0.39 is 5.82 Å². The molecule has 0 fully saturated rings. The van der Waals surface area contributed by atoms with Gasteiger partial charge < -0.3 is 23.7 Å². The predicted octanol–water partition coefficient (Wildman–Crippen LogP) is 4.87. The Labute approximate surface area is 206 Å². The molecule has 0 aliphatic rings. The molecule has 0 atom stereocenters. The average molecular weight is 493 g/mol. The number of nitrogens with zero attached hydrogens (tertiary/aromatic N) is 1. The second kappa shape index (κ2) is 11.0. The van der Waals surface area contributed by atoms with Gasteiger partial charge in [-0.15, -0.1) is 0 Å². The summed E-state index contributed by atoms with van der Waals surface area (Å²) in [5, 5.41) is 9.42. The van der Waals surface area contributed by atoms with Gasteiger partial charge >= 0.3 is 0 Å². The molecule has 0 amide bonds. The summed E-state index contributed by atoms with van der Waals surface area (Å²) >= 11 is 0. The summed E-state index contributed by atoms with van der Waals surface area (Å²) in [6.45, 7) is -0.0562. The first-order chi connectivity index (χ1) is 17.5. The van der Waals surface area contributed by atoms with Gasteiger partial charge in [-0.2, -0.15) is 0 Å². The number of benzene rings is 2. The topological polar surface area (TPSA) is 108 Å². The van der Waals surface area contributed by atoms with E-state index in [1.54, 1.807) is 30.3 Å². The molecule has 0 saturated heterocycles. The van der Waals surface area contributed by atoms with Crippen LogP contribution >= 0.6 is 0 Å². The van der Waals surface area contributed by atoms with Crippen molar-refractivity contribution >= 4 is 22.5 Å². The highest BCUT2D eigenvalue weighted by molar-refractivity contribution is 6.02. The molecule has 2 heterocycles. The lowest BCUT2D eigenvalue weighted by molar-refractivity contribution is 0.0914. The van der Waals surface area contributed by atoms with Gasteiger partial charge in [-0.1, -0.05) is 12.1 Å². The number of carbonyl (C=O) groups excluding carboxylic acids is 2. The van der Waals surface area contributed by atoms with Crippen LogP contribution in [0.2, 0.25) is 0 Å².